The second-order valence-electron chi connectivity index (χ2n) is 4.95. The van der Waals surface area contributed by atoms with Crippen LogP contribution in [0.5, 0.6) is 5.75 Å². The summed E-state index contributed by atoms with van der Waals surface area (Å²) < 4.78 is 6.35. The number of hydrogen-bond donors (Lipinski definition) is 1. The fourth-order valence-corrected chi connectivity index (χ4v) is 3.10. The van der Waals surface area contributed by atoms with Crippen molar-refractivity contribution in [2.75, 3.05) is 30.9 Å². The molecule has 0 saturated carbocycles. The van der Waals surface area contributed by atoms with Gasteiger partial charge in [0.15, 0.2) is 5.13 Å². The van der Waals surface area contributed by atoms with E-state index in [-0.39, 0.29) is 12.5 Å². The number of thiazole rings is 1. The smallest absolute Gasteiger partial charge is 0.244 e. The third-order valence-corrected chi connectivity index (χ3v) is 4.38. The first-order chi connectivity index (χ1) is 11.2. The van der Waals surface area contributed by atoms with E-state index in [1.54, 1.807) is 31.6 Å². The van der Waals surface area contributed by atoms with Gasteiger partial charge in [-0.15, -0.1) is 0 Å². The van der Waals surface area contributed by atoms with E-state index in [9.17, 15) is 4.79 Å². The summed E-state index contributed by atoms with van der Waals surface area (Å²) in [6.07, 6.45) is 3.27. The summed E-state index contributed by atoms with van der Waals surface area (Å²) in [5.41, 5.74) is 1.49. The monoisotopic (exact) mass is 328 g/mol. The quantitative estimate of drug-likeness (QED) is 0.780. The minimum Gasteiger partial charge on any atom is -0.494 e. The second kappa shape index (κ2) is 6.62. The van der Waals surface area contributed by atoms with Crippen molar-refractivity contribution in [3.05, 3.63) is 42.7 Å². The molecule has 0 saturated heterocycles. The predicted octanol–water partition coefficient (Wildman–Crippen LogP) is 2.77. The zero-order valence-electron chi connectivity index (χ0n) is 12.8. The van der Waals surface area contributed by atoms with Crippen LogP contribution < -0.4 is 15.0 Å². The van der Waals surface area contributed by atoms with Gasteiger partial charge in [-0.05, 0) is 24.3 Å². The maximum atomic E-state index is 12.1. The van der Waals surface area contributed by atoms with E-state index >= 15 is 0 Å². The number of fused-ring (bicyclic) bond motifs is 1. The number of likely N-dealkylation sites (N-methyl/N-ethyl adjacent to an activating group) is 1. The van der Waals surface area contributed by atoms with Crippen LogP contribution in [-0.2, 0) is 4.79 Å². The standard InChI is InChI=1S/C16H16N4O2S/c1-20(10-14(21)18-11-5-4-8-17-9-11)16-19-15-12(22-2)6-3-7-13(15)23-16/h3-9H,10H2,1-2H3,(H,18,21). The van der Waals surface area contributed by atoms with E-state index in [0.29, 0.717) is 5.69 Å². The zero-order chi connectivity index (χ0) is 16.2. The van der Waals surface area contributed by atoms with Gasteiger partial charge >= 0.3 is 0 Å². The lowest BCUT2D eigenvalue weighted by Crippen LogP contribution is -2.29. The molecule has 6 nitrogen and oxygen atoms in total. The topological polar surface area (TPSA) is 67.3 Å². The lowest BCUT2D eigenvalue weighted by atomic mass is 10.3. The maximum Gasteiger partial charge on any atom is 0.244 e. The van der Waals surface area contributed by atoms with Crippen LogP contribution in [0.15, 0.2) is 42.7 Å². The molecule has 0 aliphatic heterocycles. The van der Waals surface area contributed by atoms with Crippen molar-refractivity contribution < 1.29 is 9.53 Å². The molecule has 0 atom stereocenters. The molecule has 3 rings (SSSR count). The molecular formula is C16H16N4O2S. The lowest BCUT2D eigenvalue weighted by Gasteiger charge is -2.15. The first-order valence-electron chi connectivity index (χ1n) is 7.02. The first-order valence-corrected chi connectivity index (χ1v) is 7.83. The van der Waals surface area contributed by atoms with E-state index in [4.69, 9.17) is 4.74 Å². The molecule has 2 heterocycles. The Hall–Kier alpha value is -2.67. The molecule has 3 aromatic rings. The lowest BCUT2D eigenvalue weighted by molar-refractivity contribution is -0.114. The van der Waals surface area contributed by atoms with Crippen LogP contribution in [0.2, 0.25) is 0 Å². The minimum absolute atomic E-state index is 0.119. The number of nitrogens with zero attached hydrogens (tertiary/aromatic N) is 3. The largest absolute Gasteiger partial charge is 0.494 e. The fraction of sp³-hybridized carbons (Fsp3) is 0.188. The molecule has 0 fully saturated rings. The van der Waals surface area contributed by atoms with Crippen molar-refractivity contribution in [2.45, 2.75) is 0 Å². The van der Waals surface area contributed by atoms with Crippen LogP contribution in [0, 0.1) is 0 Å². The van der Waals surface area contributed by atoms with Gasteiger partial charge in [-0.2, -0.15) is 0 Å². The molecule has 0 aliphatic carbocycles. The van der Waals surface area contributed by atoms with Gasteiger partial charge in [-0.25, -0.2) is 4.98 Å². The Bertz CT molecular complexity index is 819. The molecule has 0 unspecified atom stereocenters. The number of nitrogens with one attached hydrogen (secondary N) is 1. The Kier molecular flexibility index (Phi) is 4.38. The number of benzene rings is 1. The van der Waals surface area contributed by atoms with E-state index in [1.807, 2.05) is 30.1 Å². The minimum atomic E-state index is -0.119. The first kappa shape index (κ1) is 15.2. The molecule has 1 N–H and O–H groups in total. The van der Waals surface area contributed by atoms with Crippen LogP contribution >= 0.6 is 11.3 Å². The van der Waals surface area contributed by atoms with Gasteiger partial charge in [0.1, 0.15) is 11.3 Å². The number of aromatic nitrogens is 2. The molecular weight excluding hydrogens is 312 g/mol. The van der Waals surface area contributed by atoms with Crippen molar-refractivity contribution in [2.24, 2.45) is 0 Å². The van der Waals surface area contributed by atoms with Gasteiger partial charge in [0.25, 0.3) is 0 Å². The highest BCUT2D eigenvalue weighted by Crippen LogP contribution is 2.33. The summed E-state index contributed by atoms with van der Waals surface area (Å²) in [6.45, 7) is 0.205. The Balaban J connectivity index is 1.73. The summed E-state index contributed by atoms with van der Waals surface area (Å²) in [5.74, 6) is 0.616. The number of hydrogen-bond acceptors (Lipinski definition) is 6. The highest BCUT2D eigenvalue weighted by Gasteiger charge is 2.14. The van der Waals surface area contributed by atoms with Gasteiger partial charge in [0.05, 0.1) is 30.2 Å². The number of methoxy groups -OCH3 is 1. The second-order valence-corrected chi connectivity index (χ2v) is 5.96. The number of rotatable bonds is 5. The summed E-state index contributed by atoms with van der Waals surface area (Å²) in [6, 6.07) is 9.37. The molecule has 0 spiro atoms. The number of anilines is 2. The predicted molar refractivity (Wildman–Crippen MR) is 92.3 cm³/mol. The highest BCUT2D eigenvalue weighted by molar-refractivity contribution is 7.22. The summed E-state index contributed by atoms with van der Waals surface area (Å²) >= 11 is 1.53. The molecule has 2 aromatic heterocycles. The molecule has 1 aromatic carbocycles. The molecule has 23 heavy (non-hydrogen) atoms. The van der Waals surface area contributed by atoms with Crippen LogP contribution in [0.4, 0.5) is 10.8 Å². The number of carbonyl (C=O) groups is 1. The summed E-state index contributed by atoms with van der Waals surface area (Å²) in [5, 5.41) is 3.58. The van der Waals surface area contributed by atoms with Crippen molar-refractivity contribution in [3.8, 4) is 5.75 Å². The molecule has 0 radical (unpaired) electrons. The van der Waals surface area contributed by atoms with Gasteiger partial charge < -0.3 is 15.0 Å². The van der Waals surface area contributed by atoms with Crippen LogP contribution in [0.3, 0.4) is 0 Å². The molecule has 7 heteroatoms. The van der Waals surface area contributed by atoms with Gasteiger partial charge in [-0.1, -0.05) is 17.4 Å². The van der Waals surface area contributed by atoms with E-state index < -0.39 is 0 Å². The normalized spacial score (nSPS) is 10.5. The summed E-state index contributed by atoms with van der Waals surface area (Å²) in [7, 11) is 3.46. The van der Waals surface area contributed by atoms with Crippen LogP contribution in [0.25, 0.3) is 10.2 Å². The Labute approximate surface area is 137 Å². The number of para-hydroxylation sites is 1. The van der Waals surface area contributed by atoms with Gasteiger partial charge in [-0.3, -0.25) is 9.78 Å². The molecule has 0 aliphatic rings. The Morgan fingerprint density at radius 1 is 1.35 bits per heavy atom. The Morgan fingerprint density at radius 2 is 2.22 bits per heavy atom. The van der Waals surface area contributed by atoms with Gasteiger partial charge in [0, 0.05) is 13.2 Å². The zero-order valence-corrected chi connectivity index (χ0v) is 13.6. The van der Waals surface area contributed by atoms with E-state index in [0.717, 1.165) is 21.1 Å². The van der Waals surface area contributed by atoms with Crippen molar-refractivity contribution in [1.29, 1.82) is 0 Å². The number of carbonyl (C=O) groups excluding carboxylic acids is 1. The van der Waals surface area contributed by atoms with Crippen LogP contribution in [0.1, 0.15) is 0 Å². The summed E-state index contributed by atoms with van der Waals surface area (Å²) in [4.78, 5) is 22.5. The van der Waals surface area contributed by atoms with E-state index in [2.05, 4.69) is 15.3 Å². The Morgan fingerprint density at radius 3 is 2.96 bits per heavy atom. The van der Waals surface area contributed by atoms with E-state index in [1.165, 1.54) is 11.3 Å². The molecule has 1 amide bonds. The maximum absolute atomic E-state index is 12.1. The molecule has 0 bridgehead atoms. The molecule has 118 valence electrons. The average molecular weight is 328 g/mol. The van der Waals surface area contributed by atoms with Crippen LogP contribution in [-0.4, -0.2) is 36.6 Å². The third-order valence-electron chi connectivity index (χ3n) is 3.24. The third kappa shape index (κ3) is 3.40. The fourth-order valence-electron chi connectivity index (χ4n) is 2.16. The van der Waals surface area contributed by atoms with Crippen molar-refractivity contribution >= 4 is 38.3 Å². The van der Waals surface area contributed by atoms with Crippen molar-refractivity contribution in [1.82, 2.24) is 9.97 Å². The number of amides is 1. The van der Waals surface area contributed by atoms with Crippen molar-refractivity contribution in [3.63, 3.8) is 0 Å². The van der Waals surface area contributed by atoms with Gasteiger partial charge in [0.2, 0.25) is 5.91 Å². The average Bonchev–Trinajstić information content (AvgIpc) is 3.00. The SMILES string of the molecule is COc1cccc2sc(N(C)CC(=O)Nc3cccnc3)nc12. The highest BCUT2D eigenvalue weighted by atomic mass is 32.1. The number of pyridine rings is 1. The number of ether oxygens (including phenoxy) is 1.